The zero-order valence-corrected chi connectivity index (χ0v) is 14.6. The summed E-state index contributed by atoms with van der Waals surface area (Å²) in [4.78, 5) is 28.4. The zero-order chi connectivity index (χ0) is 16.5. The molecule has 0 saturated heterocycles. The number of imide groups is 1. The molecule has 0 radical (unpaired) electrons. The zero-order valence-electron chi connectivity index (χ0n) is 13.8. The molecule has 122 valence electrons. The summed E-state index contributed by atoms with van der Waals surface area (Å²) in [6, 6.07) is 0. The maximum absolute atomic E-state index is 12.6. The number of fused-ring (bicyclic) bond motifs is 1. The van der Waals surface area contributed by atoms with Gasteiger partial charge in [-0.1, -0.05) is 20.8 Å². The van der Waals surface area contributed by atoms with Crippen LogP contribution in [0.3, 0.4) is 0 Å². The SMILES string of the molecule is COCCOCCN1C(=O)c2c(C)sc(C(C)(C)C)c2C1=O. The predicted octanol–water partition coefficient (Wildman–Crippen LogP) is 2.61. The van der Waals surface area contributed by atoms with Crippen molar-refractivity contribution in [2.75, 3.05) is 33.5 Å². The quantitative estimate of drug-likeness (QED) is 0.596. The summed E-state index contributed by atoms with van der Waals surface area (Å²) in [5, 5.41) is 0. The lowest BCUT2D eigenvalue weighted by Crippen LogP contribution is -2.34. The van der Waals surface area contributed by atoms with Gasteiger partial charge in [0.2, 0.25) is 0 Å². The van der Waals surface area contributed by atoms with Crippen LogP contribution in [0.4, 0.5) is 0 Å². The van der Waals surface area contributed by atoms with Gasteiger partial charge in [0.05, 0.1) is 37.5 Å². The fourth-order valence-electron chi connectivity index (χ4n) is 2.50. The standard InChI is InChI=1S/C16H23NO4S/c1-10-11-12(13(22-10)16(2,3)4)15(19)17(14(11)18)6-7-21-9-8-20-5/h6-9H2,1-5H3. The largest absolute Gasteiger partial charge is 0.382 e. The lowest BCUT2D eigenvalue weighted by atomic mass is 9.90. The van der Waals surface area contributed by atoms with Crippen molar-refractivity contribution in [3.63, 3.8) is 0 Å². The maximum Gasteiger partial charge on any atom is 0.262 e. The molecule has 2 amide bonds. The van der Waals surface area contributed by atoms with Gasteiger partial charge in [-0.25, -0.2) is 0 Å². The first kappa shape index (κ1) is 17.1. The molecule has 1 aromatic heterocycles. The van der Waals surface area contributed by atoms with Gasteiger partial charge in [0.1, 0.15) is 0 Å². The highest BCUT2D eigenvalue weighted by molar-refractivity contribution is 7.13. The molecule has 0 aromatic carbocycles. The van der Waals surface area contributed by atoms with Crippen LogP contribution in [0.5, 0.6) is 0 Å². The number of carbonyl (C=O) groups is 2. The number of hydrogen-bond donors (Lipinski definition) is 0. The van der Waals surface area contributed by atoms with E-state index in [1.54, 1.807) is 18.4 Å². The molecule has 22 heavy (non-hydrogen) atoms. The van der Waals surface area contributed by atoms with Crippen LogP contribution in [0.15, 0.2) is 0 Å². The molecule has 0 saturated carbocycles. The molecule has 0 fully saturated rings. The van der Waals surface area contributed by atoms with Crippen LogP contribution in [0.1, 0.15) is 51.2 Å². The first-order valence-corrected chi connectivity index (χ1v) is 8.17. The molecule has 2 rings (SSSR count). The Labute approximate surface area is 135 Å². The second-order valence-electron chi connectivity index (χ2n) is 6.35. The van der Waals surface area contributed by atoms with Crippen molar-refractivity contribution in [1.82, 2.24) is 4.90 Å². The fraction of sp³-hybridized carbons (Fsp3) is 0.625. The van der Waals surface area contributed by atoms with Crippen LogP contribution in [-0.2, 0) is 14.9 Å². The molecule has 0 unspecified atom stereocenters. The van der Waals surface area contributed by atoms with E-state index < -0.39 is 0 Å². The van der Waals surface area contributed by atoms with E-state index in [-0.39, 0.29) is 23.8 Å². The summed E-state index contributed by atoms with van der Waals surface area (Å²) in [6.07, 6.45) is 0. The molecule has 0 spiro atoms. The molecule has 1 aliphatic rings. The first-order valence-electron chi connectivity index (χ1n) is 7.35. The van der Waals surface area contributed by atoms with Crippen LogP contribution < -0.4 is 0 Å². The molecule has 1 aliphatic heterocycles. The van der Waals surface area contributed by atoms with Crippen molar-refractivity contribution >= 4 is 23.2 Å². The minimum absolute atomic E-state index is 0.149. The molecule has 0 bridgehead atoms. The lowest BCUT2D eigenvalue weighted by molar-refractivity contribution is 0.0459. The molecule has 0 atom stereocenters. The minimum Gasteiger partial charge on any atom is -0.382 e. The predicted molar refractivity (Wildman–Crippen MR) is 85.8 cm³/mol. The monoisotopic (exact) mass is 325 g/mol. The highest BCUT2D eigenvalue weighted by Gasteiger charge is 2.42. The van der Waals surface area contributed by atoms with Gasteiger partial charge in [0.15, 0.2) is 0 Å². The molecule has 2 heterocycles. The third kappa shape index (κ3) is 3.09. The second kappa shape index (κ2) is 6.48. The Morgan fingerprint density at radius 2 is 1.68 bits per heavy atom. The van der Waals surface area contributed by atoms with Crippen LogP contribution in [0, 0.1) is 6.92 Å². The Hall–Kier alpha value is -1.24. The van der Waals surface area contributed by atoms with Crippen LogP contribution in [-0.4, -0.2) is 50.2 Å². The number of aryl methyl sites for hydroxylation is 1. The van der Waals surface area contributed by atoms with Crippen molar-refractivity contribution in [3.8, 4) is 0 Å². The number of methoxy groups -OCH3 is 1. The van der Waals surface area contributed by atoms with Gasteiger partial charge < -0.3 is 9.47 Å². The first-order chi connectivity index (χ1) is 10.3. The fourth-order valence-corrected chi connectivity index (χ4v) is 3.70. The molecular weight excluding hydrogens is 302 g/mol. The van der Waals surface area contributed by atoms with Crippen molar-refractivity contribution in [1.29, 1.82) is 0 Å². The number of hydrogen-bond acceptors (Lipinski definition) is 5. The van der Waals surface area contributed by atoms with E-state index in [2.05, 4.69) is 20.8 Å². The van der Waals surface area contributed by atoms with Crippen molar-refractivity contribution in [2.45, 2.75) is 33.1 Å². The summed E-state index contributed by atoms with van der Waals surface area (Å²) in [7, 11) is 1.60. The van der Waals surface area contributed by atoms with E-state index in [1.807, 2.05) is 6.92 Å². The Balaban J connectivity index is 2.16. The Morgan fingerprint density at radius 3 is 2.27 bits per heavy atom. The van der Waals surface area contributed by atoms with Gasteiger partial charge in [-0.05, 0) is 12.3 Å². The smallest absolute Gasteiger partial charge is 0.262 e. The molecule has 1 aromatic rings. The van der Waals surface area contributed by atoms with E-state index in [9.17, 15) is 9.59 Å². The lowest BCUT2D eigenvalue weighted by Gasteiger charge is -2.19. The molecular formula is C16H23NO4S. The van der Waals surface area contributed by atoms with E-state index in [0.717, 1.165) is 9.75 Å². The normalized spacial score (nSPS) is 14.9. The van der Waals surface area contributed by atoms with E-state index in [0.29, 0.717) is 30.9 Å². The molecule has 0 aliphatic carbocycles. The Morgan fingerprint density at radius 1 is 1.05 bits per heavy atom. The van der Waals surface area contributed by atoms with Crippen molar-refractivity contribution in [3.05, 3.63) is 20.9 Å². The highest BCUT2D eigenvalue weighted by Crippen LogP contribution is 2.41. The van der Waals surface area contributed by atoms with Crippen LogP contribution in [0.2, 0.25) is 0 Å². The number of carbonyl (C=O) groups excluding carboxylic acids is 2. The van der Waals surface area contributed by atoms with E-state index in [1.165, 1.54) is 4.90 Å². The topological polar surface area (TPSA) is 55.8 Å². The summed E-state index contributed by atoms with van der Waals surface area (Å²) < 4.78 is 10.3. The average molecular weight is 325 g/mol. The number of ether oxygens (including phenoxy) is 2. The van der Waals surface area contributed by atoms with E-state index >= 15 is 0 Å². The Kier molecular flexibility index (Phi) is 5.04. The molecule has 0 N–H and O–H groups in total. The summed E-state index contributed by atoms with van der Waals surface area (Å²) in [5.74, 6) is -0.385. The summed E-state index contributed by atoms with van der Waals surface area (Å²) >= 11 is 1.55. The third-order valence-corrected chi connectivity index (χ3v) is 5.11. The van der Waals surface area contributed by atoms with Gasteiger partial charge in [-0.2, -0.15) is 0 Å². The van der Waals surface area contributed by atoms with E-state index in [4.69, 9.17) is 9.47 Å². The number of rotatable bonds is 6. The van der Waals surface area contributed by atoms with Crippen molar-refractivity contribution < 1.29 is 19.1 Å². The summed E-state index contributed by atoms with van der Waals surface area (Å²) in [5.41, 5.74) is 1.03. The van der Waals surface area contributed by atoms with Gasteiger partial charge >= 0.3 is 0 Å². The van der Waals surface area contributed by atoms with Gasteiger partial charge in [0, 0.05) is 16.9 Å². The Bertz CT molecular complexity index is 586. The highest BCUT2D eigenvalue weighted by atomic mass is 32.1. The van der Waals surface area contributed by atoms with Crippen LogP contribution >= 0.6 is 11.3 Å². The van der Waals surface area contributed by atoms with Gasteiger partial charge in [0.25, 0.3) is 11.8 Å². The maximum atomic E-state index is 12.6. The minimum atomic E-state index is -0.195. The number of thiophene rings is 1. The van der Waals surface area contributed by atoms with Crippen molar-refractivity contribution in [2.24, 2.45) is 0 Å². The second-order valence-corrected chi connectivity index (χ2v) is 7.58. The third-order valence-electron chi connectivity index (χ3n) is 3.57. The van der Waals surface area contributed by atoms with Crippen LogP contribution in [0.25, 0.3) is 0 Å². The summed E-state index contributed by atoms with van der Waals surface area (Å²) in [6.45, 7) is 9.67. The van der Waals surface area contributed by atoms with Gasteiger partial charge in [-0.3, -0.25) is 14.5 Å². The number of nitrogens with zero attached hydrogens (tertiary/aromatic N) is 1. The number of amides is 2. The van der Waals surface area contributed by atoms with Gasteiger partial charge in [-0.15, -0.1) is 11.3 Å². The molecule has 5 nitrogen and oxygen atoms in total. The molecule has 6 heteroatoms. The average Bonchev–Trinajstić information content (AvgIpc) is 2.89.